The lowest BCUT2D eigenvalue weighted by Gasteiger charge is -2.35. The molecular weight excluding hydrogens is 254 g/mol. The minimum absolute atomic E-state index is 0.0370. The first-order valence-corrected chi connectivity index (χ1v) is 7.69. The predicted molar refractivity (Wildman–Crippen MR) is 80.1 cm³/mol. The number of rotatable bonds is 5. The second-order valence-corrected chi connectivity index (χ2v) is 6.04. The van der Waals surface area contributed by atoms with Crippen LogP contribution in [-0.2, 0) is 9.59 Å². The molecule has 1 heterocycles. The van der Waals surface area contributed by atoms with E-state index in [0.717, 1.165) is 25.7 Å². The summed E-state index contributed by atoms with van der Waals surface area (Å²) >= 11 is 0. The summed E-state index contributed by atoms with van der Waals surface area (Å²) in [5, 5.41) is 0. The fraction of sp³-hybridized carbons (Fsp3) is 0.867. The van der Waals surface area contributed by atoms with Gasteiger partial charge in [-0.2, -0.15) is 0 Å². The zero-order chi connectivity index (χ0) is 15.3. The number of hydrogen-bond donors (Lipinski definition) is 1. The Morgan fingerprint density at radius 1 is 1.30 bits per heavy atom. The fourth-order valence-electron chi connectivity index (χ4n) is 2.56. The molecule has 1 atom stereocenters. The molecule has 1 aliphatic heterocycles. The number of piperidine rings is 1. The van der Waals surface area contributed by atoms with Gasteiger partial charge in [-0.15, -0.1) is 0 Å². The summed E-state index contributed by atoms with van der Waals surface area (Å²) in [6.45, 7) is 7.36. The zero-order valence-corrected chi connectivity index (χ0v) is 13.3. The molecule has 0 aromatic carbocycles. The molecule has 0 radical (unpaired) electrons. The van der Waals surface area contributed by atoms with E-state index in [2.05, 4.69) is 0 Å². The number of likely N-dealkylation sites (tertiary alicyclic amines) is 1. The third kappa shape index (κ3) is 4.20. The van der Waals surface area contributed by atoms with Gasteiger partial charge in [-0.25, -0.2) is 0 Å². The summed E-state index contributed by atoms with van der Waals surface area (Å²) in [6, 6.07) is -0.161. The molecule has 116 valence electrons. The first-order valence-electron chi connectivity index (χ1n) is 7.69. The van der Waals surface area contributed by atoms with Gasteiger partial charge in [0.1, 0.15) is 0 Å². The third-order valence-electron chi connectivity index (χ3n) is 4.19. The van der Waals surface area contributed by atoms with Crippen molar-refractivity contribution in [2.24, 2.45) is 11.7 Å². The molecule has 2 N–H and O–H groups in total. The summed E-state index contributed by atoms with van der Waals surface area (Å²) in [5.41, 5.74) is 5.87. The van der Waals surface area contributed by atoms with Crippen LogP contribution in [-0.4, -0.2) is 53.8 Å². The van der Waals surface area contributed by atoms with E-state index >= 15 is 0 Å². The molecule has 0 aliphatic carbocycles. The lowest BCUT2D eigenvalue weighted by Crippen LogP contribution is -2.49. The highest BCUT2D eigenvalue weighted by Crippen LogP contribution is 2.20. The van der Waals surface area contributed by atoms with Crippen LogP contribution >= 0.6 is 0 Å². The van der Waals surface area contributed by atoms with Gasteiger partial charge in [0.25, 0.3) is 0 Å². The van der Waals surface area contributed by atoms with Crippen molar-refractivity contribution in [2.45, 2.75) is 58.5 Å². The number of hydrogen-bond acceptors (Lipinski definition) is 3. The van der Waals surface area contributed by atoms with Crippen LogP contribution in [0.5, 0.6) is 0 Å². The minimum atomic E-state index is -0.384. The van der Waals surface area contributed by atoms with Gasteiger partial charge < -0.3 is 15.5 Å². The standard InChI is InChI=1S/C15H29N3O2/c1-5-6-13(16)15(20)18-9-7-12(8-10-18)14(19)17(4)11(2)3/h11-13H,5-10,16H2,1-4H3. The van der Waals surface area contributed by atoms with E-state index in [1.165, 1.54) is 0 Å². The van der Waals surface area contributed by atoms with E-state index in [1.807, 2.05) is 32.7 Å². The van der Waals surface area contributed by atoms with E-state index in [9.17, 15) is 9.59 Å². The molecule has 1 aliphatic rings. The molecular formula is C15H29N3O2. The molecule has 2 amide bonds. The summed E-state index contributed by atoms with van der Waals surface area (Å²) in [4.78, 5) is 28.0. The molecule has 5 heteroatoms. The summed E-state index contributed by atoms with van der Waals surface area (Å²) < 4.78 is 0. The first kappa shape index (κ1) is 17.0. The minimum Gasteiger partial charge on any atom is -0.343 e. The summed E-state index contributed by atoms with van der Waals surface area (Å²) in [6.07, 6.45) is 3.15. The van der Waals surface area contributed by atoms with Crippen molar-refractivity contribution in [1.82, 2.24) is 9.80 Å². The summed E-state index contributed by atoms with van der Waals surface area (Å²) in [7, 11) is 1.85. The van der Waals surface area contributed by atoms with Crippen LogP contribution in [0.3, 0.4) is 0 Å². The molecule has 0 spiro atoms. The van der Waals surface area contributed by atoms with Gasteiger partial charge >= 0.3 is 0 Å². The third-order valence-corrected chi connectivity index (χ3v) is 4.19. The van der Waals surface area contributed by atoms with Gasteiger partial charge in [0.2, 0.25) is 11.8 Å². The Balaban J connectivity index is 2.47. The zero-order valence-electron chi connectivity index (χ0n) is 13.3. The quantitative estimate of drug-likeness (QED) is 0.825. The van der Waals surface area contributed by atoms with Crippen molar-refractivity contribution < 1.29 is 9.59 Å². The molecule has 0 bridgehead atoms. The van der Waals surface area contributed by atoms with Gasteiger partial charge in [0, 0.05) is 32.1 Å². The molecule has 1 fully saturated rings. The van der Waals surface area contributed by atoms with Crippen molar-refractivity contribution in [2.75, 3.05) is 20.1 Å². The van der Waals surface area contributed by atoms with Crippen LogP contribution in [0, 0.1) is 5.92 Å². The van der Waals surface area contributed by atoms with Gasteiger partial charge in [-0.1, -0.05) is 13.3 Å². The molecule has 5 nitrogen and oxygen atoms in total. The Bertz CT molecular complexity index is 336. The van der Waals surface area contributed by atoms with Gasteiger partial charge in [-0.3, -0.25) is 9.59 Å². The van der Waals surface area contributed by atoms with Crippen LogP contribution in [0.15, 0.2) is 0 Å². The van der Waals surface area contributed by atoms with E-state index < -0.39 is 0 Å². The van der Waals surface area contributed by atoms with E-state index in [-0.39, 0.29) is 29.8 Å². The number of nitrogens with zero attached hydrogens (tertiary/aromatic N) is 2. The van der Waals surface area contributed by atoms with Crippen molar-refractivity contribution in [1.29, 1.82) is 0 Å². The number of carbonyl (C=O) groups excluding carboxylic acids is 2. The summed E-state index contributed by atoms with van der Waals surface area (Å²) in [5.74, 6) is 0.286. The largest absolute Gasteiger partial charge is 0.343 e. The maximum absolute atomic E-state index is 12.3. The monoisotopic (exact) mass is 283 g/mol. The lowest BCUT2D eigenvalue weighted by molar-refractivity contribution is -0.141. The SMILES string of the molecule is CCCC(N)C(=O)N1CCC(C(=O)N(C)C(C)C)CC1. The van der Waals surface area contributed by atoms with Gasteiger partial charge in [0.15, 0.2) is 0 Å². The van der Waals surface area contributed by atoms with Crippen molar-refractivity contribution in [3.05, 3.63) is 0 Å². The van der Waals surface area contributed by atoms with E-state index in [0.29, 0.717) is 13.1 Å². The van der Waals surface area contributed by atoms with Crippen molar-refractivity contribution in [3.63, 3.8) is 0 Å². The van der Waals surface area contributed by atoms with Crippen LogP contribution in [0.1, 0.15) is 46.5 Å². The number of carbonyl (C=O) groups is 2. The highest BCUT2D eigenvalue weighted by molar-refractivity contribution is 5.82. The second-order valence-electron chi connectivity index (χ2n) is 6.04. The van der Waals surface area contributed by atoms with Crippen molar-refractivity contribution >= 4 is 11.8 Å². The Hall–Kier alpha value is -1.10. The Morgan fingerprint density at radius 2 is 1.85 bits per heavy atom. The highest BCUT2D eigenvalue weighted by atomic mass is 16.2. The topological polar surface area (TPSA) is 66.6 Å². The average Bonchev–Trinajstić information content (AvgIpc) is 2.45. The molecule has 0 aromatic heterocycles. The Kier molecular flexibility index (Phi) is 6.46. The molecule has 1 unspecified atom stereocenters. The van der Waals surface area contributed by atoms with Gasteiger partial charge in [-0.05, 0) is 33.1 Å². The van der Waals surface area contributed by atoms with Crippen LogP contribution in [0.2, 0.25) is 0 Å². The first-order chi connectivity index (χ1) is 9.38. The molecule has 20 heavy (non-hydrogen) atoms. The predicted octanol–water partition coefficient (Wildman–Crippen LogP) is 1.22. The number of amides is 2. The van der Waals surface area contributed by atoms with Crippen LogP contribution in [0.4, 0.5) is 0 Å². The normalized spacial score (nSPS) is 18.2. The molecule has 1 rings (SSSR count). The highest BCUT2D eigenvalue weighted by Gasteiger charge is 2.31. The Morgan fingerprint density at radius 3 is 2.30 bits per heavy atom. The van der Waals surface area contributed by atoms with E-state index in [4.69, 9.17) is 5.73 Å². The van der Waals surface area contributed by atoms with Gasteiger partial charge in [0.05, 0.1) is 6.04 Å². The maximum Gasteiger partial charge on any atom is 0.239 e. The fourth-order valence-corrected chi connectivity index (χ4v) is 2.56. The molecule has 0 saturated carbocycles. The lowest BCUT2D eigenvalue weighted by atomic mass is 9.94. The Labute approximate surface area is 122 Å². The average molecular weight is 283 g/mol. The van der Waals surface area contributed by atoms with Crippen LogP contribution < -0.4 is 5.73 Å². The maximum atomic E-state index is 12.3. The van der Waals surface area contributed by atoms with Crippen molar-refractivity contribution in [3.8, 4) is 0 Å². The molecule has 1 saturated heterocycles. The molecule has 0 aromatic rings. The van der Waals surface area contributed by atoms with E-state index in [1.54, 1.807) is 4.90 Å². The second kappa shape index (κ2) is 7.62. The number of nitrogens with two attached hydrogens (primary N) is 1. The smallest absolute Gasteiger partial charge is 0.239 e. The van der Waals surface area contributed by atoms with Crippen LogP contribution in [0.25, 0.3) is 0 Å².